The van der Waals surface area contributed by atoms with Gasteiger partial charge in [-0.15, -0.1) is 0 Å². The van der Waals surface area contributed by atoms with Crippen molar-refractivity contribution in [3.8, 4) is 5.69 Å². The summed E-state index contributed by atoms with van der Waals surface area (Å²) in [5, 5.41) is 3.84. The molecular formula is C24H28N4OS. The zero-order chi connectivity index (χ0) is 20.8. The van der Waals surface area contributed by atoms with Crippen LogP contribution in [0.15, 0.2) is 66.1 Å². The van der Waals surface area contributed by atoms with E-state index >= 15 is 0 Å². The Morgan fingerprint density at radius 2 is 1.80 bits per heavy atom. The number of hydrogen-bond donors (Lipinski definition) is 1. The average molecular weight is 421 g/mol. The maximum Gasteiger partial charge on any atom is 0.230 e. The lowest BCUT2D eigenvalue weighted by Crippen LogP contribution is -2.24. The van der Waals surface area contributed by atoms with Crippen molar-refractivity contribution in [3.63, 3.8) is 0 Å². The van der Waals surface area contributed by atoms with E-state index in [-0.39, 0.29) is 5.91 Å². The lowest BCUT2D eigenvalue weighted by Gasteiger charge is -2.14. The molecule has 0 aliphatic carbocycles. The molecule has 6 heteroatoms. The van der Waals surface area contributed by atoms with Crippen LogP contribution in [0.5, 0.6) is 0 Å². The maximum atomic E-state index is 12.3. The average Bonchev–Trinajstić information content (AvgIpc) is 3.44. The predicted molar refractivity (Wildman–Crippen MR) is 122 cm³/mol. The molecule has 0 saturated carbocycles. The third-order valence-electron chi connectivity index (χ3n) is 5.43. The molecule has 1 aliphatic heterocycles. The number of aryl methyl sites for hydroxylation is 1. The van der Waals surface area contributed by atoms with E-state index in [1.807, 2.05) is 22.9 Å². The number of para-hydroxylation sites is 1. The summed E-state index contributed by atoms with van der Waals surface area (Å²) in [5.74, 6) is 0.358. The van der Waals surface area contributed by atoms with Crippen LogP contribution in [0, 0.1) is 6.92 Å². The molecule has 1 fully saturated rings. The molecule has 1 N–H and O–H groups in total. The third-order valence-corrected chi connectivity index (χ3v) is 6.40. The highest BCUT2D eigenvalue weighted by Crippen LogP contribution is 2.22. The zero-order valence-electron chi connectivity index (χ0n) is 17.4. The van der Waals surface area contributed by atoms with Crippen LogP contribution in [-0.2, 0) is 17.9 Å². The first-order valence-electron chi connectivity index (χ1n) is 10.5. The molecule has 5 nitrogen and oxygen atoms in total. The predicted octanol–water partition coefficient (Wildman–Crippen LogP) is 4.19. The van der Waals surface area contributed by atoms with Crippen molar-refractivity contribution in [1.82, 2.24) is 19.8 Å². The van der Waals surface area contributed by atoms with Gasteiger partial charge in [-0.25, -0.2) is 4.98 Å². The van der Waals surface area contributed by atoms with Crippen molar-refractivity contribution in [2.45, 2.75) is 38.0 Å². The number of nitrogens with one attached hydrogen (secondary N) is 1. The van der Waals surface area contributed by atoms with Crippen LogP contribution in [0.4, 0.5) is 0 Å². The molecule has 156 valence electrons. The van der Waals surface area contributed by atoms with Gasteiger partial charge in [0.2, 0.25) is 5.91 Å². The SMILES string of the molecule is Cc1ccccc1-n1ccnc1SCC(=O)NCc1ccc(CN2CCCC2)cc1. The van der Waals surface area contributed by atoms with Crippen LogP contribution in [0.3, 0.4) is 0 Å². The van der Waals surface area contributed by atoms with Gasteiger partial charge in [0, 0.05) is 25.5 Å². The number of benzene rings is 2. The lowest BCUT2D eigenvalue weighted by molar-refractivity contribution is -0.118. The highest BCUT2D eigenvalue weighted by molar-refractivity contribution is 7.99. The Kier molecular flexibility index (Phi) is 6.87. The first kappa shape index (κ1) is 20.7. The second kappa shape index (κ2) is 9.96. The Morgan fingerprint density at radius 1 is 1.07 bits per heavy atom. The summed E-state index contributed by atoms with van der Waals surface area (Å²) in [6, 6.07) is 16.8. The Hall–Kier alpha value is -2.57. The Labute approximate surface area is 182 Å². The summed E-state index contributed by atoms with van der Waals surface area (Å²) in [4.78, 5) is 19.3. The van der Waals surface area contributed by atoms with Crippen molar-refractivity contribution in [2.75, 3.05) is 18.8 Å². The van der Waals surface area contributed by atoms with Gasteiger partial charge in [0.1, 0.15) is 0 Å². The molecule has 0 unspecified atom stereocenters. The van der Waals surface area contributed by atoms with E-state index in [0.717, 1.165) is 23.0 Å². The number of imidazole rings is 1. The molecule has 4 rings (SSSR count). The number of nitrogens with zero attached hydrogens (tertiary/aromatic N) is 3. The van der Waals surface area contributed by atoms with E-state index in [4.69, 9.17) is 0 Å². The standard InChI is InChI=1S/C24H28N4OS/c1-19-6-2-3-7-22(19)28-15-12-25-24(28)30-18-23(29)26-16-20-8-10-21(11-9-20)17-27-13-4-5-14-27/h2-3,6-12,15H,4-5,13-14,16-18H2,1H3,(H,26,29). The van der Waals surface area contributed by atoms with Gasteiger partial charge in [0.15, 0.2) is 5.16 Å². The van der Waals surface area contributed by atoms with Gasteiger partial charge >= 0.3 is 0 Å². The van der Waals surface area contributed by atoms with Gasteiger partial charge in [-0.3, -0.25) is 14.3 Å². The number of aromatic nitrogens is 2. The fourth-order valence-corrected chi connectivity index (χ4v) is 4.55. The zero-order valence-corrected chi connectivity index (χ0v) is 18.2. The van der Waals surface area contributed by atoms with Crippen LogP contribution in [0.2, 0.25) is 0 Å². The monoisotopic (exact) mass is 420 g/mol. The summed E-state index contributed by atoms with van der Waals surface area (Å²) < 4.78 is 2.03. The molecule has 2 heterocycles. The molecule has 30 heavy (non-hydrogen) atoms. The second-order valence-electron chi connectivity index (χ2n) is 7.73. The molecule has 0 radical (unpaired) electrons. The number of carbonyl (C=O) groups is 1. The number of thioether (sulfide) groups is 1. The van der Waals surface area contributed by atoms with E-state index in [2.05, 4.69) is 58.5 Å². The van der Waals surface area contributed by atoms with Crippen LogP contribution in [0.1, 0.15) is 29.5 Å². The van der Waals surface area contributed by atoms with Crippen molar-refractivity contribution in [3.05, 3.63) is 77.6 Å². The Bertz CT molecular complexity index is 977. The van der Waals surface area contributed by atoms with E-state index in [0.29, 0.717) is 12.3 Å². The fourth-order valence-electron chi connectivity index (χ4n) is 3.76. The molecule has 0 bridgehead atoms. The van der Waals surface area contributed by atoms with Crippen LogP contribution in [0.25, 0.3) is 5.69 Å². The van der Waals surface area contributed by atoms with Crippen molar-refractivity contribution in [2.24, 2.45) is 0 Å². The van der Waals surface area contributed by atoms with Gasteiger partial charge in [-0.1, -0.05) is 54.2 Å². The number of amides is 1. The first-order valence-corrected chi connectivity index (χ1v) is 11.5. The molecule has 0 atom stereocenters. The summed E-state index contributed by atoms with van der Waals surface area (Å²) in [7, 11) is 0. The minimum absolute atomic E-state index is 0.0143. The number of hydrogen-bond acceptors (Lipinski definition) is 4. The molecule has 1 aliphatic rings. The molecule has 2 aromatic carbocycles. The van der Waals surface area contributed by atoms with Gasteiger partial charge in [0.25, 0.3) is 0 Å². The highest BCUT2D eigenvalue weighted by atomic mass is 32.2. The van der Waals surface area contributed by atoms with E-state index in [1.54, 1.807) is 6.20 Å². The smallest absolute Gasteiger partial charge is 0.230 e. The lowest BCUT2D eigenvalue weighted by atomic mass is 10.1. The van der Waals surface area contributed by atoms with Crippen molar-refractivity contribution in [1.29, 1.82) is 0 Å². The largest absolute Gasteiger partial charge is 0.351 e. The molecule has 1 saturated heterocycles. The fraction of sp³-hybridized carbons (Fsp3) is 0.333. The van der Waals surface area contributed by atoms with Gasteiger partial charge in [-0.2, -0.15) is 0 Å². The van der Waals surface area contributed by atoms with E-state index in [9.17, 15) is 4.79 Å². The Morgan fingerprint density at radius 3 is 2.57 bits per heavy atom. The number of likely N-dealkylation sites (tertiary alicyclic amines) is 1. The normalized spacial score (nSPS) is 14.2. The molecule has 1 amide bonds. The van der Waals surface area contributed by atoms with Crippen LogP contribution >= 0.6 is 11.8 Å². The van der Waals surface area contributed by atoms with Crippen molar-refractivity contribution < 1.29 is 4.79 Å². The second-order valence-corrected chi connectivity index (χ2v) is 8.67. The van der Waals surface area contributed by atoms with Crippen LogP contribution in [-0.4, -0.2) is 39.2 Å². The highest BCUT2D eigenvalue weighted by Gasteiger charge is 2.12. The van der Waals surface area contributed by atoms with E-state index < -0.39 is 0 Å². The number of carbonyl (C=O) groups excluding carboxylic acids is 1. The van der Waals surface area contributed by atoms with Crippen LogP contribution < -0.4 is 5.32 Å². The summed E-state index contributed by atoms with van der Waals surface area (Å²) >= 11 is 1.45. The molecular weight excluding hydrogens is 392 g/mol. The topological polar surface area (TPSA) is 50.2 Å². The molecule has 0 spiro atoms. The quantitative estimate of drug-likeness (QED) is 0.555. The first-order chi connectivity index (χ1) is 14.7. The van der Waals surface area contributed by atoms with Gasteiger partial charge in [0.05, 0.1) is 11.4 Å². The summed E-state index contributed by atoms with van der Waals surface area (Å²) in [6.45, 7) is 6.06. The van der Waals surface area contributed by atoms with Crippen molar-refractivity contribution >= 4 is 17.7 Å². The third kappa shape index (κ3) is 5.32. The minimum atomic E-state index is 0.0143. The van der Waals surface area contributed by atoms with E-state index in [1.165, 1.54) is 48.8 Å². The number of rotatable bonds is 8. The summed E-state index contributed by atoms with van der Waals surface area (Å²) in [5.41, 5.74) is 4.73. The van der Waals surface area contributed by atoms with Gasteiger partial charge in [-0.05, 0) is 55.6 Å². The van der Waals surface area contributed by atoms with Gasteiger partial charge < -0.3 is 5.32 Å². The minimum Gasteiger partial charge on any atom is -0.351 e. The summed E-state index contributed by atoms with van der Waals surface area (Å²) in [6.07, 6.45) is 6.34. The molecule has 3 aromatic rings. The maximum absolute atomic E-state index is 12.3. The Balaban J connectivity index is 1.26. The molecule has 1 aromatic heterocycles.